The van der Waals surface area contributed by atoms with Crippen molar-refractivity contribution in [3.05, 3.63) is 18.2 Å². The number of nitrogens with zero attached hydrogens (tertiary/aromatic N) is 1. The molecule has 2 aliphatic rings. The number of ether oxygens (including phenoxy) is 2. The van der Waals surface area contributed by atoms with E-state index < -0.39 is 0 Å². The highest BCUT2D eigenvalue weighted by molar-refractivity contribution is 5.61. The Balaban J connectivity index is 1.60. The van der Waals surface area contributed by atoms with E-state index in [9.17, 15) is 0 Å². The molecule has 0 spiro atoms. The first kappa shape index (κ1) is 16.4. The number of nitrogens with two attached hydrogens (primary N) is 1. The van der Waals surface area contributed by atoms with Gasteiger partial charge in [0.25, 0.3) is 0 Å². The van der Waals surface area contributed by atoms with Crippen molar-refractivity contribution >= 4 is 5.69 Å². The van der Waals surface area contributed by atoms with Crippen LogP contribution in [0.25, 0.3) is 0 Å². The van der Waals surface area contributed by atoms with E-state index in [1.54, 1.807) is 14.2 Å². The van der Waals surface area contributed by atoms with E-state index in [1.165, 1.54) is 44.2 Å². The third-order valence-electron chi connectivity index (χ3n) is 5.62. The molecule has 4 heteroatoms. The van der Waals surface area contributed by atoms with Gasteiger partial charge in [-0.1, -0.05) is 12.8 Å². The molecular weight excluding hydrogens is 288 g/mol. The second-order valence-electron chi connectivity index (χ2n) is 7.08. The molecule has 128 valence electrons. The number of anilines is 1. The van der Waals surface area contributed by atoms with Gasteiger partial charge in [-0.3, -0.25) is 0 Å². The number of methoxy groups -OCH3 is 2. The average molecular weight is 318 g/mol. The molecule has 2 fully saturated rings. The Morgan fingerprint density at radius 3 is 2.65 bits per heavy atom. The van der Waals surface area contributed by atoms with Crippen molar-refractivity contribution in [1.29, 1.82) is 0 Å². The maximum atomic E-state index is 6.48. The van der Waals surface area contributed by atoms with Crippen LogP contribution in [0, 0.1) is 11.8 Å². The van der Waals surface area contributed by atoms with Crippen molar-refractivity contribution in [1.82, 2.24) is 0 Å². The van der Waals surface area contributed by atoms with Crippen LogP contribution in [0.2, 0.25) is 0 Å². The fourth-order valence-electron chi connectivity index (χ4n) is 4.25. The van der Waals surface area contributed by atoms with Gasteiger partial charge in [-0.15, -0.1) is 0 Å². The molecule has 2 atom stereocenters. The normalized spacial score (nSPS) is 23.3. The molecule has 1 aliphatic carbocycles. The molecule has 23 heavy (non-hydrogen) atoms. The Morgan fingerprint density at radius 2 is 1.96 bits per heavy atom. The number of rotatable bonds is 6. The highest BCUT2D eigenvalue weighted by atomic mass is 16.5. The summed E-state index contributed by atoms with van der Waals surface area (Å²) in [5.74, 6) is 3.20. The molecule has 1 aromatic carbocycles. The van der Waals surface area contributed by atoms with Gasteiger partial charge in [-0.25, -0.2) is 0 Å². The lowest BCUT2D eigenvalue weighted by Gasteiger charge is -2.24. The van der Waals surface area contributed by atoms with Crippen LogP contribution in [0.1, 0.15) is 38.5 Å². The van der Waals surface area contributed by atoms with Crippen LogP contribution in [0.5, 0.6) is 11.5 Å². The van der Waals surface area contributed by atoms with Crippen molar-refractivity contribution in [2.75, 3.05) is 32.2 Å². The predicted octanol–water partition coefficient (Wildman–Crippen LogP) is 3.44. The fourth-order valence-corrected chi connectivity index (χ4v) is 4.25. The highest BCUT2D eigenvalue weighted by Gasteiger charge is 2.29. The fraction of sp³-hybridized carbons (Fsp3) is 0.684. The minimum absolute atomic E-state index is 0.389. The van der Waals surface area contributed by atoms with Crippen molar-refractivity contribution in [3.63, 3.8) is 0 Å². The third-order valence-corrected chi connectivity index (χ3v) is 5.62. The summed E-state index contributed by atoms with van der Waals surface area (Å²) in [6.45, 7) is 2.17. The maximum absolute atomic E-state index is 6.48. The predicted molar refractivity (Wildman–Crippen MR) is 94.4 cm³/mol. The zero-order valence-electron chi connectivity index (χ0n) is 14.5. The summed E-state index contributed by atoms with van der Waals surface area (Å²) >= 11 is 0. The topological polar surface area (TPSA) is 47.7 Å². The molecule has 1 saturated heterocycles. The summed E-state index contributed by atoms with van der Waals surface area (Å²) in [5.41, 5.74) is 7.65. The smallest absolute Gasteiger partial charge is 0.145 e. The minimum Gasteiger partial charge on any atom is -0.497 e. The molecule has 1 aliphatic heterocycles. The molecule has 2 unspecified atom stereocenters. The van der Waals surface area contributed by atoms with E-state index in [-0.39, 0.29) is 0 Å². The number of benzene rings is 1. The summed E-state index contributed by atoms with van der Waals surface area (Å²) in [6, 6.07) is 6.47. The molecule has 0 amide bonds. The molecule has 0 radical (unpaired) electrons. The number of hydrogen-bond acceptors (Lipinski definition) is 4. The second kappa shape index (κ2) is 7.43. The van der Waals surface area contributed by atoms with Crippen LogP contribution in [-0.2, 0) is 0 Å². The van der Waals surface area contributed by atoms with Gasteiger partial charge in [0.15, 0.2) is 0 Å². The van der Waals surface area contributed by atoms with E-state index in [0.29, 0.717) is 12.0 Å². The van der Waals surface area contributed by atoms with Crippen molar-refractivity contribution in [3.8, 4) is 11.5 Å². The monoisotopic (exact) mass is 318 g/mol. The lowest BCUT2D eigenvalue weighted by Crippen LogP contribution is -2.31. The summed E-state index contributed by atoms with van der Waals surface area (Å²) in [6.07, 6.45) is 7.82. The van der Waals surface area contributed by atoms with E-state index in [4.69, 9.17) is 15.2 Å². The van der Waals surface area contributed by atoms with Crippen molar-refractivity contribution in [2.24, 2.45) is 17.6 Å². The van der Waals surface area contributed by atoms with Crippen LogP contribution in [0.3, 0.4) is 0 Å². The molecule has 0 bridgehead atoms. The number of hydrogen-bond donors (Lipinski definition) is 1. The first-order valence-electron chi connectivity index (χ1n) is 8.93. The first-order valence-corrected chi connectivity index (χ1v) is 8.93. The summed E-state index contributed by atoms with van der Waals surface area (Å²) in [4.78, 5) is 2.43. The van der Waals surface area contributed by atoms with Crippen molar-refractivity contribution in [2.45, 2.75) is 44.6 Å². The van der Waals surface area contributed by atoms with E-state index in [0.717, 1.165) is 30.5 Å². The van der Waals surface area contributed by atoms with Crippen molar-refractivity contribution < 1.29 is 9.47 Å². The molecule has 4 nitrogen and oxygen atoms in total. The lowest BCUT2D eigenvalue weighted by molar-refractivity contribution is 0.357. The summed E-state index contributed by atoms with van der Waals surface area (Å²) in [5, 5.41) is 0. The molecule has 3 rings (SSSR count). The SMILES string of the molecule is COc1ccc(N2CCC(CC(N)C3CCCC3)C2)c(OC)c1. The standard InChI is InChI=1S/C19H30N2O2/c1-22-16-7-8-18(19(12-16)23-2)21-10-9-14(13-21)11-17(20)15-5-3-4-6-15/h7-8,12,14-15,17H,3-6,9-11,13,20H2,1-2H3. The first-order chi connectivity index (χ1) is 11.2. The Morgan fingerprint density at radius 1 is 1.17 bits per heavy atom. The van der Waals surface area contributed by atoms with Gasteiger partial charge in [-0.05, 0) is 49.7 Å². The van der Waals surface area contributed by atoms with Gasteiger partial charge in [0, 0.05) is 25.2 Å². The second-order valence-corrected chi connectivity index (χ2v) is 7.08. The van der Waals surface area contributed by atoms with Crippen LogP contribution in [0.4, 0.5) is 5.69 Å². The van der Waals surface area contributed by atoms with Crippen LogP contribution < -0.4 is 20.1 Å². The Kier molecular flexibility index (Phi) is 5.31. The third kappa shape index (κ3) is 3.74. The Labute approximate surface area is 139 Å². The van der Waals surface area contributed by atoms with E-state index >= 15 is 0 Å². The largest absolute Gasteiger partial charge is 0.497 e. The van der Waals surface area contributed by atoms with Gasteiger partial charge in [-0.2, -0.15) is 0 Å². The molecule has 1 heterocycles. The molecule has 0 aromatic heterocycles. The van der Waals surface area contributed by atoms with Gasteiger partial charge in [0.05, 0.1) is 19.9 Å². The highest BCUT2D eigenvalue weighted by Crippen LogP contribution is 2.37. The van der Waals surface area contributed by atoms with Gasteiger partial charge in [0.1, 0.15) is 11.5 Å². The van der Waals surface area contributed by atoms with Crippen LogP contribution >= 0.6 is 0 Å². The Hall–Kier alpha value is -1.42. The average Bonchev–Trinajstić information content (AvgIpc) is 3.26. The molecule has 1 aromatic rings. The summed E-state index contributed by atoms with van der Waals surface area (Å²) < 4.78 is 10.8. The van der Waals surface area contributed by atoms with Crippen LogP contribution in [0.15, 0.2) is 18.2 Å². The molecule has 2 N–H and O–H groups in total. The zero-order valence-corrected chi connectivity index (χ0v) is 14.5. The maximum Gasteiger partial charge on any atom is 0.145 e. The minimum atomic E-state index is 0.389. The van der Waals surface area contributed by atoms with E-state index in [1.807, 2.05) is 12.1 Å². The van der Waals surface area contributed by atoms with E-state index in [2.05, 4.69) is 11.0 Å². The summed E-state index contributed by atoms with van der Waals surface area (Å²) in [7, 11) is 3.41. The van der Waals surface area contributed by atoms with Gasteiger partial charge >= 0.3 is 0 Å². The quantitative estimate of drug-likeness (QED) is 0.873. The Bertz CT molecular complexity index is 514. The molecular formula is C19H30N2O2. The van der Waals surface area contributed by atoms with Gasteiger partial charge < -0.3 is 20.1 Å². The van der Waals surface area contributed by atoms with Gasteiger partial charge in [0.2, 0.25) is 0 Å². The van der Waals surface area contributed by atoms with Crippen LogP contribution in [-0.4, -0.2) is 33.4 Å². The lowest BCUT2D eigenvalue weighted by atomic mass is 9.89. The molecule has 1 saturated carbocycles. The zero-order chi connectivity index (χ0) is 16.2.